The van der Waals surface area contributed by atoms with Crippen LogP contribution in [0.2, 0.25) is 0 Å². The van der Waals surface area contributed by atoms with Crippen molar-refractivity contribution in [3.8, 4) is 0 Å². The quantitative estimate of drug-likeness (QED) is 0.676. The average Bonchev–Trinajstić information content (AvgIpc) is 2.99. The van der Waals surface area contributed by atoms with Gasteiger partial charge < -0.3 is 9.88 Å². The Kier molecular flexibility index (Phi) is 4.29. The van der Waals surface area contributed by atoms with E-state index in [1.165, 1.54) is 35.5 Å². The molecule has 1 aromatic carbocycles. The molecule has 134 valence electrons. The minimum atomic E-state index is -0.631. The van der Waals surface area contributed by atoms with Crippen molar-refractivity contribution in [2.45, 2.75) is 13.5 Å². The highest BCUT2D eigenvalue weighted by Crippen LogP contribution is 2.11. The number of carbonyl (C=O) groups excluding carboxylic acids is 2. The number of fused-ring (bicyclic) bond motifs is 1. The number of anilines is 1. The summed E-state index contributed by atoms with van der Waals surface area (Å²) in [6.45, 7) is 0.976. The Balaban J connectivity index is 1.94. The van der Waals surface area contributed by atoms with Crippen molar-refractivity contribution in [2.24, 2.45) is 14.1 Å². The molecule has 0 atom stereocenters. The summed E-state index contributed by atoms with van der Waals surface area (Å²) in [5.74, 6) is -0.681. The van der Waals surface area contributed by atoms with Crippen LogP contribution in [0, 0.1) is 0 Å². The third-order valence-corrected chi connectivity index (χ3v) is 4.06. The van der Waals surface area contributed by atoms with Crippen molar-refractivity contribution in [2.75, 3.05) is 5.32 Å². The maximum absolute atomic E-state index is 12.6. The van der Waals surface area contributed by atoms with Crippen LogP contribution in [0.4, 0.5) is 5.69 Å². The van der Waals surface area contributed by atoms with Crippen molar-refractivity contribution in [3.05, 3.63) is 57.0 Å². The van der Waals surface area contributed by atoms with Gasteiger partial charge in [0.2, 0.25) is 5.91 Å². The smallest absolute Gasteiger partial charge is 0.328 e. The SMILES string of the molecule is CC(=O)c1cccc(NC(=O)Cn2c(=O)c3c(ncn3C)n(C)c2=O)c1. The molecular formula is C17H17N5O4. The zero-order valence-corrected chi connectivity index (χ0v) is 14.5. The van der Waals surface area contributed by atoms with Gasteiger partial charge in [0.05, 0.1) is 6.33 Å². The van der Waals surface area contributed by atoms with Crippen LogP contribution in [0.1, 0.15) is 17.3 Å². The van der Waals surface area contributed by atoms with Gasteiger partial charge in [-0.3, -0.25) is 19.0 Å². The topological polar surface area (TPSA) is 108 Å². The largest absolute Gasteiger partial charge is 0.332 e. The number of hydrogen-bond donors (Lipinski definition) is 1. The van der Waals surface area contributed by atoms with Crippen LogP contribution in [0.25, 0.3) is 11.2 Å². The summed E-state index contributed by atoms with van der Waals surface area (Å²) >= 11 is 0. The molecule has 9 heteroatoms. The molecule has 0 spiro atoms. The predicted octanol–water partition coefficient (Wildman–Crippen LogP) is 0.275. The standard InChI is InChI=1S/C17H17N5O4/c1-10(23)11-5-4-6-12(7-11)19-13(24)8-22-16(25)14-15(18-9-20(14)2)21(3)17(22)26/h4-7,9H,8H2,1-3H3,(H,19,24). The lowest BCUT2D eigenvalue weighted by Crippen LogP contribution is -2.42. The summed E-state index contributed by atoms with van der Waals surface area (Å²) in [4.78, 5) is 52.7. The predicted molar refractivity (Wildman–Crippen MR) is 95.3 cm³/mol. The minimum absolute atomic E-state index is 0.132. The van der Waals surface area contributed by atoms with Gasteiger partial charge in [0.25, 0.3) is 5.56 Å². The lowest BCUT2D eigenvalue weighted by Gasteiger charge is -2.10. The third kappa shape index (κ3) is 2.94. The number of aromatic nitrogens is 4. The molecule has 1 N–H and O–H groups in total. The highest BCUT2D eigenvalue weighted by molar-refractivity contribution is 5.97. The lowest BCUT2D eigenvalue weighted by molar-refractivity contribution is -0.116. The van der Waals surface area contributed by atoms with Crippen LogP contribution >= 0.6 is 0 Å². The first-order valence-corrected chi connectivity index (χ1v) is 7.81. The van der Waals surface area contributed by atoms with Gasteiger partial charge in [0.1, 0.15) is 6.54 Å². The molecular weight excluding hydrogens is 338 g/mol. The van der Waals surface area contributed by atoms with E-state index in [4.69, 9.17) is 0 Å². The summed E-state index contributed by atoms with van der Waals surface area (Å²) < 4.78 is 3.58. The van der Waals surface area contributed by atoms with Gasteiger partial charge in [-0.15, -0.1) is 0 Å². The fourth-order valence-electron chi connectivity index (χ4n) is 2.70. The molecule has 0 bridgehead atoms. The van der Waals surface area contributed by atoms with E-state index in [0.717, 1.165) is 4.57 Å². The number of aryl methyl sites for hydroxylation is 2. The van der Waals surface area contributed by atoms with E-state index < -0.39 is 23.7 Å². The second-order valence-corrected chi connectivity index (χ2v) is 5.95. The lowest BCUT2D eigenvalue weighted by atomic mass is 10.1. The Bertz CT molecular complexity index is 1150. The first kappa shape index (κ1) is 17.3. The molecule has 26 heavy (non-hydrogen) atoms. The Labute approximate surface area is 147 Å². The molecule has 2 aromatic heterocycles. The molecule has 3 aromatic rings. The minimum Gasteiger partial charge on any atom is -0.328 e. The normalized spacial score (nSPS) is 10.9. The zero-order chi connectivity index (χ0) is 19.0. The summed E-state index contributed by atoms with van der Waals surface area (Å²) in [6.07, 6.45) is 1.43. The van der Waals surface area contributed by atoms with Crippen LogP contribution in [-0.4, -0.2) is 30.4 Å². The van der Waals surface area contributed by atoms with Gasteiger partial charge in [-0.1, -0.05) is 12.1 Å². The van der Waals surface area contributed by atoms with Gasteiger partial charge in [0, 0.05) is 25.3 Å². The van der Waals surface area contributed by atoms with Gasteiger partial charge >= 0.3 is 5.69 Å². The molecule has 9 nitrogen and oxygen atoms in total. The number of nitrogens with one attached hydrogen (secondary N) is 1. The molecule has 3 rings (SSSR count). The molecule has 1 amide bonds. The van der Waals surface area contributed by atoms with E-state index in [0.29, 0.717) is 11.3 Å². The van der Waals surface area contributed by atoms with E-state index in [9.17, 15) is 19.2 Å². The van der Waals surface area contributed by atoms with Gasteiger partial charge in [0.15, 0.2) is 16.9 Å². The Morgan fingerprint density at radius 3 is 2.62 bits per heavy atom. The van der Waals surface area contributed by atoms with Gasteiger partial charge in [-0.05, 0) is 19.1 Å². The van der Waals surface area contributed by atoms with E-state index in [2.05, 4.69) is 10.3 Å². The van der Waals surface area contributed by atoms with Crippen LogP contribution in [-0.2, 0) is 25.4 Å². The highest BCUT2D eigenvalue weighted by atomic mass is 16.2. The number of rotatable bonds is 4. The van der Waals surface area contributed by atoms with Gasteiger partial charge in [-0.25, -0.2) is 14.3 Å². The number of hydrogen-bond acceptors (Lipinski definition) is 5. The third-order valence-electron chi connectivity index (χ3n) is 4.06. The van der Waals surface area contributed by atoms with Crippen LogP contribution in [0.5, 0.6) is 0 Å². The van der Waals surface area contributed by atoms with E-state index in [1.54, 1.807) is 25.2 Å². The van der Waals surface area contributed by atoms with Crippen molar-refractivity contribution in [3.63, 3.8) is 0 Å². The molecule has 0 radical (unpaired) electrons. The van der Waals surface area contributed by atoms with Crippen LogP contribution in [0.3, 0.4) is 0 Å². The summed E-state index contributed by atoms with van der Waals surface area (Å²) in [7, 11) is 3.13. The second-order valence-electron chi connectivity index (χ2n) is 5.95. The van der Waals surface area contributed by atoms with Gasteiger partial charge in [-0.2, -0.15) is 0 Å². The fraction of sp³-hybridized carbons (Fsp3) is 0.235. The maximum Gasteiger partial charge on any atom is 0.332 e. The molecule has 0 aliphatic rings. The van der Waals surface area contributed by atoms with Crippen LogP contribution in [0.15, 0.2) is 40.2 Å². The number of imidazole rings is 1. The molecule has 0 aliphatic heterocycles. The molecule has 0 aliphatic carbocycles. The molecule has 2 heterocycles. The van der Waals surface area contributed by atoms with Crippen molar-refractivity contribution >= 4 is 28.5 Å². The highest BCUT2D eigenvalue weighted by Gasteiger charge is 2.17. The zero-order valence-electron chi connectivity index (χ0n) is 14.5. The van der Waals surface area contributed by atoms with Crippen molar-refractivity contribution < 1.29 is 9.59 Å². The monoisotopic (exact) mass is 355 g/mol. The Hall–Kier alpha value is -3.49. The Morgan fingerprint density at radius 1 is 1.19 bits per heavy atom. The van der Waals surface area contributed by atoms with E-state index in [1.807, 2.05) is 0 Å². The van der Waals surface area contributed by atoms with E-state index >= 15 is 0 Å². The number of ketones is 1. The first-order valence-electron chi connectivity index (χ1n) is 7.81. The summed E-state index contributed by atoms with van der Waals surface area (Å²) in [6, 6.07) is 6.43. The molecule has 0 saturated heterocycles. The van der Waals surface area contributed by atoms with Crippen LogP contribution < -0.4 is 16.6 Å². The van der Waals surface area contributed by atoms with Crippen molar-refractivity contribution in [1.82, 2.24) is 18.7 Å². The maximum atomic E-state index is 12.6. The number of Topliss-reactive ketones (excluding diaryl/α,β-unsaturated/α-hetero) is 1. The average molecular weight is 355 g/mol. The molecule has 0 fully saturated rings. The second kappa shape index (κ2) is 6.43. The van der Waals surface area contributed by atoms with E-state index in [-0.39, 0.29) is 16.9 Å². The molecule has 0 saturated carbocycles. The fourth-order valence-corrected chi connectivity index (χ4v) is 2.70. The summed E-state index contributed by atoms with van der Waals surface area (Å²) in [5.41, 5.74) is 0.137. The van der Waals surface area contributed by atoms with Crippen molar-refractivity contribution in [1.29, 1.82) is 0 Å². The number of carbonyl (C=O) groups is 2. The summed E-state index contributed by atoms with van der Waals surface area (Å²) in [5, 5.41) is 2.59. The number of benzene rings is 1. The number of nitrogens with zero attached hydrogens (tertiary/aromatic N) is 4. The molecule has 0 unspecified atom stereocenters. The Morgan fingerprint density at radius 2 is 1.92 bits per heavy atom. The number of amides is 1. The first-order chi connectivity index (χ1) is 12.3.